The lowest BCUT2D eigenvalue weighted by molar-refractivity contribution is -0.137. The molecule has 0 saturated heterocycles. The van der Waals surface area contributed by atoms with E-state index in [1.54, 1.807) is 12.1 Å². The van der Waals surface area contributed by atoms with Crippen molar-refractivity contribution in [3.63, 3.8) is 0 Å². The Bertz CT molecular complexity index is 651. The van der Waals surface area contributed by atoms with Gasteiger partial charge in [0.05, 0.1) is 19.2 Å². The zero-order valence-corrected chi connectivity index (χ0v) is 15.1. The average Bonchev–Trinajstić information content (AvgIpc) is 2.55. The normalized spacial score (nSPS) is 10.1. The topological polar surface area (TPSA) is 108 Å². The van der Waals surface area contributed by atoms with E-state index >= 15 is 0 Å². The van der Waals surface area contributed by atoms with Gasteiger partial charge >= 0.3 is 12.0 Å². The summed E-state index contributed by atoms with van der Waals surface area (Å²) in [5.41, 5.74) is 1.30. The van der Waals surface area contributed by atoms with Crippen LogP contribution in [0.25, 0.3) is 0 Å². The average molecular weight is 372 g/mol. The number of aryl methyl sites for hydroxylation is 1. The number of benzene rings is 1. The maximum absolute atomic E-state index is 12.0. The number of carbonyl (C=O) groups is 3. The summed E-state index contributed by atoms with van der Waals surface area (Å²) in [5.74, 6) is -0.832. The van der Waals surface area contributed by atoms with Crippen LogP contribution < -0.4 is 15.4 Å². The zero-order chi connectivity index (χ0) is 19.0. The molecule has 9 heteroatoms. The first-order chi connectivity index (χ1) is 11.7. The predicted octanol–water partition coefficient (Wildman–Crippen LogP) is 2.10. The second-order valence-corrected chi connectivity index (χ2v) is 5.80. The molecule has 0 aliphatic rings. The minimum absolute atomic E-state index is 0.0589. The third-order valence-corrected chi connectivity index (χ3v) is 3.80. The standard InChI is InChI=1S/C16H22ClN3O5/c1-10-8-12(13(25-3)9-11(10)17)19-14(21)4-6-18-16(24)20(2)7-5-15(22)23/h8-9H,4-7H2,1-3H3,(H,18,24)(H,19,21)(H,22,23). The second-order valence-electron chi connectivity index (χ2n) is 5.40. The Kier molecular flexibility index (Phi) is 8.00. The molecule has 0 aliphatic heterocycles. The van der Waals surface area contributed by atoms with Gasteiger partial charge in [-0.2, -0.15) is 0 Å². The summed E-state index contributed by atoms with van der Waals surface area (Å²) in [5, 5.41) is 14.4. The molecular weight excluding hydrogens is 350 g/mol. The van der Waals surface area contributed by atoms with E-state index in [4.69, 9.17) is 21.4 Å². The van der Waals surface area contributed by atoms with E-state index in [2.05, 4.69) is 10.6 Å². The van der Waals surface area contributed by atoms with Crippen LogP contribution in [-0.2, 0) is 9.59 Å². The van der Waals surface area contributed by atoms with Gasteiger partial charge in [0.25, 0.3) is 0 Å². The molecule has 0 spiro atoms. The Morgan fingerprint density at radius 3 is 2.56 bits per heavy atom. The summed E-state index contributed by atoms with van der Waals surface area (Å²) in [7, 11) is 2.96. The number of carboxylic acids is 1. The Balaban J connectivity index is 2.47. The summed E-state index contributed by atoms with van der Waals surface area (Å²) in [6.07, 6.45) is -0.0799. The number of carbonyl (C=O) groups excluding carboxylic acids is 2. The van der Waals surface area contributed by atoms with Crippen molar-refractivity contribution in [2.45, 2.75) is 19.8 Å². The summed E-state index contributed by atoms with van der Waals surface area (Å²) < 4.78 is 5.18. The maximum Gasteiger partial charge on any atom is 0.317 e. The highest BCUT2D eigenvalue weighted by Crippen LogP contribution is 2.30. The Morgan fingerprint density at radius 1 is 1.28 bits per heavy atom. The van der Waals surface area contributed by atoms with Gasteiger partial charge in [-0.1, -0.05) is 11.6 Å². The lowest BCUT2D eigenvalue weighted by Gasteiger charge is -2.17. The number of hydrogen-bond acceptors (Lipinski definition) is 4. The smallest absolute Gasteiger partial charge is 0.317 e. The molecular formula is C16H22ClN3O5. The third-order valence-electron chi connectivity index (χ3n) is 3.39. The van der Waals surface area contributed by atoms with Crippen molar-refractivity contribution in [1.82, 2.24) is 10.2 Å². The molecule has 0 atom stereocenters. The molecule has 3 N–H and O–H groups in total. The van der Waals surface area contributed by atoms with Crippen molar-refractivity contribution in [2.75, 3.05) is 32.6 Å². The molecule has 3 amide bonds. The molecule has 0 saturated carbocycles. The Labute approximate surface area is 151 Å². The minimum atomic E-state index is -0.980. The number of anilines is 1. The molecule has 1 rings (SSSR count). The van der Waals surface area contributed by atoms with Crippen molar-refractivity contribution in [3.8, 4) is 5.75 Å². The van der Waals surface area contributed by atoms with Crippen LogP contribution in [0.5, 0.6) is 5.75 Å². The SMILES string of the molecule is COc1cc(Cl)c(C)cc1NC(=O)CCNC(=O)N(C)CCC(=O)O. The highest BCUT2D eigenvalue weighted by Gasteiger charge is 2.12. The number of amides is 3. The van der Waals surface area contributed by atoms with Crippen LogP contribution in [0.2, 0.25) is 5.02 Å². The molecule has 0 unspecified atom stereocenters. The van der Waals surface area contributed by atoms with E-state index in [0.29, 0.717) is 16.5 Å². The quantitative estimate of drug-likeness (QED) is 0.648. The number of carboxylic acid groups (broad SMARTS) is 1. The van der Waals surface area contributed by atoms with E-state index in [9.17, 15) is 14.4 Å². The fraction of sp³-hybridized carbons (Fsp3) is 0.438. The molecule has 8 nitrogen and oxygen atoms in total. The number of nitrogens with zero attached hydrogens (tertiary/aromatic N) is 1. The largest absolute Gasteiger partial charge is 0.495 e. The van der Waals surface area contributed by atoms with Crippen LogP contribution in [0.3, 0.4) is 0 Å². The van der Waals surface area contributed by atoms with Crippen LogP contribution in [0.4, 0.5) is 10.5 Å². The fourth-order valence-electron chi connectivity index (χ4n) is 1.93. The second kappa shape index (κ2) is 9.73. The number of aliphatic carboxylic acids is 1. The molecule has 0 aliphatic carbocycles. The van der Waals surface area contributed by atoms with Gasteiger partial charge in [0.1, 0.15) is 5.75 Å². The molecule has 138 valence electrons. The van der Waals surface area contributed by atoms with Crippen LogP contribution in [0.15, 0.2) is 12.1 Å². The highest BCUT2D eigenvalue weighted by atomic mass is 35.5. The number of halogens is 1. The van der Waals surface area contributed by atoms with E-state index < -0.39 is 12.0 Å². The van der Waals surface area contributed by atoms with Gasteiger partial charge in [-0.25, -0.2) is 4.79 Å². The number of nitrogens with one attached hydrogen (secondary N) is 2. The maximum atomic E-state index is 12.0. The van der Waals surface area contributed by atoms with Gasteiger partial charge in [0.15, 0.2) is 0 Å². The number of hydrogen-bond donors (Lipinski definition) is 3. The fourth-order valence-corrected chi connectivity index (χ4v) is 2.08. The molecule has 1 aromatic carbocycles. The van der Waals surface area contributed by atoms with Crippen molar-refractivity contribution in [3.05, 3.63) is 22.7 Å². The van der Waals surface area contributed by atoms with Crippen LogP contribution in [0.1, 0.15) is 18.4 Å². The first-order valence-electron chi connectivity index (χ1n) is 7.59. The predicted molar refractivity (Wildman–Crippen MR) is 94.3 cm³/mol. The van der Waals surface area contributed by atoms with Gasteiger partial charge < -0.3 is 25.4 Å². The lowest BCUT2D eigenvalue weighted by Crippen LogP contribution is -2.39. The lowest BCUT2D eigenvalue weighted by atomic mass is 10.2. The van der Waals surface area contributed by atoms with Crippen molar-refractivity contribution >= 4 is 35.2 Å². The molecule has 25 heavy (non-hydrogen) atoms. The van der Waals surface area contributed by atoms with E-state index in [-0.39, 0.29) is 31.8 Å². The molecule has 0 radical (unpaired) electrons. The molecule has 0 heterocycles. The van der Waals surface area contributed by atoms with Crippen molar-refractivity contribution < 1.29 is 24.2 Å². The monoisotopic (exact) mass is 371 g/mol. The van der Waals surface area contributed by atoms with Crippen molar-refractivity contribution in [1.29, 1.82) is 0 Å². The van der Waals surface area contributed by atoms with Gasteiger partial charge in [0.2, 0.25) is 5.91 Å². The Hall–Kier alpha value is -2.48. The number of rotatable bonds is 8. The summed E-state index contributed by atoms with van der Waals surface area (Å²) in [4.78, 5) is 35.5. The van der Waals surface area contributed by atoms with Crippen LogP contribution in [-0.4, -0.2) is 55.2 Å². The molecule has 0 aromatic heterocycles. The molecule has 0 bridgehead atoms. The zero-order valence-electron chi connectivity index (χ0n) is 14.4. The van der Waals surface area contributed by atoms with Gasteiger partial charge in [-0.3, -0.25) is 9.59 Å². The van der Waals surface area contributed by atoms with Gasteiger partial charge in [-0.05, 0) is 18.6 Å². The third kappa shape index (κ3) is 6.88. The summed E-state index contributed by atoms with van der Waals surface area (Å²) in [6, 6.07) is 2.89. The number of methoxy groups -OCH3 is 1. The van der Waals surface area contributed by atoms with Gasteiger partial charge in [-0.15, -0.1) is 0 Å². The minimum Gasteiger partial charge on any atom is -0.495 e. The number of ether oxygens (including phenoxy) is 1. The number of urea groups is 1. The van der Waals surface area contributed by atoms with Gasteiger partial charge in [0, 0.05) is 37.6 Å². The van der Waals surface area contributed by atoms with Crippen LogP contribution >= 0.6 is 11.6 Å². The van der Waals surface area contributed by atoms with E-state index in [1.807, 2.05) is 6.92 Å². The molecule has 0 fully saturated rings. The summed E-state index contributed by atoms with van der Waals surface area (Å²) in [6.45, 7) is 2.02. The molecule has 1 aromatic rings. The van der Waals surface area contributed by atoms with E-state index in [0.717, 1.165) is 5.56 Å². The first kappa shape index (κ1) is 20.6. The van der Waals surface area contributed by atoms with Crippen LogP contribution in [0, 0.1) is 6.92 Å². The van der Waals surface area contributed by atoms with Crippen molar-refractivity contribution in [2.24, 2.45) is 0 Å². The Morgan fingerprint density at radius 2 is 1.96 bits per heavy atom. The highest BCUT2D eigenvalue weighted by molar-refractivity contribution is 6.31. The van der Waals surface area contributed by atoms with E-state index in [1.165, 1.54) is 19.1 Å². The summed E-state index contributed by atoms with van der Waals surface area (Å²) >= 11 is 6.01. The first-order valence-corrected chi connectivity index (χ1v) is 7.97.